The Hall–Kier alpha value is -0.900. The molecule has 0 bridgehead atoms. The fourth-order valence-electron chi connectivity index (χ4n) is 3.35. The third-order valence-corrected chi connectivity index (χ3v) is 4.33. The van der Waals surface area contributed by atoms with Gasteiger partial charge < -0.3 is 15.5 Å². The maximum atomic E-state index is 4.25. The first kappa shape index (κ1) is 21.1. The number of nitrogens with one attached hydrogen (secondary N) is 2. The number of hydrogen-bond donors (Lipinski definition) is 2. The van der Waals surface area contributed by atoms with Crippen molar-refractivity contribution in [1.82, 2.24) is 30.3 Å². The van der Waals surface area contributed by atoms with E-state index in [0.717, 1.165) is 43.1 Å². The lowest BCUT2D eigenvalue weighted by molar-refractivity contribution is 0.140. The van der Waals surface area contributed by atoms with Gasteiger partial charge in [0.25, 0.3) is 0 Å². The molecule has 0 radical (unpaired) electrons. The van der Waals surface area contributed by atoms with Crippen LogP contribution >= 0.6 is 24.0 Å². The first-order valence-electron chi connectivity index (χ1n) is 8.58. The van der Waals surface area contributed by atoms with Gasteiger partial charge in [0.2, 0.25) is 0 Å². The zero-order valence-corrected chi connectivity index (χ0v) is 17.7. The lowest BCUT2D eigenvalue weighted by Gasteiger charge is -2.35. The molecule has 2 heterocycles. The van der Waals surface area contributed by atoms with Crippen molar-refractivity contribution in [3.63, 3.8) is 0 Å². The van der Waals surface area contributed by atoms with Crippen molar-refractivity contribution in [2.24, 2.45) is 23.9 Å². The van der Waals surface area contributed by atoms with E-state index in [0.29, 0.717) is 6.54 Å². The van der Waals surface area contributed by atoms with E-state index < -0.39 is 0 Å². The molecule has 1 aromatic heterocycles. The van der Waals surface area contributed by atoms with Crippen molar-refractivity contribution in [1.29, 1.82) is 0 Å². The lowest BCUT2D eigenvalue weighted by Crippen LogP contribution is -2.41. The van der Waals surface area contributed by atoms with E-state index in [2.05, 4.69) is 44.5 Å². The molecule has 8 heteroatoms. The van der Waals surface area contributed by atoms with Crippen LogP contribution < -0.4 is 10.6 Å². The molecule has 0 spiro atoms. The maximum absolute atomic E-state index is 4.25. The van der Waals surface area contributed by atoms with Gasteiger partial charge in [0.1, 0.15) is 12.2 Å². The van der Waals surface area contributed by atoms with Gasteiger partial charge in [-0.3, -0.25) is 9.67 Å². The molecule has 1 aliphatic heterocycles. The molecule has 7 nitrogen and oxygen atoms in total. The minimum Gasteiger partial charge on any atom is -0.356 e. The summed E-state index contributed by atoms with van der Waals surface area (Å²) in [6.45, 7) is 9.91. The summed E-state index contributed by atoms with van der Waals surface area (Å²) in [5, 5.41) is 10.7. The molecule has 0 aliphatic carbocycles. The van der Waals surface area contributed by atoms with E-state index in [1.807, 2.05) is 7.05 Å². The molecule has 1 fully saturated rings. The van der Waals surface area contributed by atoms with Gasteiger partial charge in [0.05, 0.1) is 6.54 Å². The van der Waals surface area contributed by atoms with E-state index in [-0.39, 0.29) is 24.0 Å². The molecule has 138 valence electrons. The van der Waals surface area contributed by atoms with Crippen molar-refractivity contribution >= 4 is 29.9 Å². The third kappa shape index (κ3) is 6.92. The van der Waals surface area contributed by atoms with Gasteiger partial charge >= 0.3 is 0 Å². The fraction of sp³-hybridized carbons (Fsp3) is 0.812. The number of halogens is 1. The van der Waals surface area contributed by atoms with Gasteiger partial charge in [-0.15, -0.1) is 24.0 Å². The monoisotopic (exact) mass is 449 g/mol. The van der Waals surface area contributed by atoms with Crippen molar-refractivity contribution in [2.45, 2.75) is 33.2 Å². The highest BCUT2D eigenvalue weighted by atomic mass is 127. The van der Waals surface area contributed by atoms with Gasteiger partial charge in [-0.2, -0.15) is 5.10 Å². The van der Waals surface area contributed by atoms with E-state index in [9.17, 15) is 0 Å². The van der Waals surface area contributed by atoms with E-state index in [4.69, 9.17) is 0 Å². The summed E-state index contributed by atoms with van der Waals surface area (Å²) in [5.74, 6) is 3.36. The number of aliphatic imine (C=N–C) groups is 1. The average molecular weight is 449 g/mol. The first-order valence-corrected chi connectivity index (χ1v) is 8.58. The summed E-state index contributed by atoms with van der Waals surface area (Å²) < 4.78 is 1.76. The molecule has 0 aromatic carbocycles. The molecule has 2 atom stereocenters. The van der Waals surface area contributed by atoms with Crippen LogP contribution in [0, 0.1) is 11.8 Å². The summed E-state index contributed by atoms with van der Waals surface area (Å²) >= 11 is 0. The number of aryl methyl sites for hydroxylation is 1. The molecular weight excluding hydrogens is 417 g/mol. The standard InChI is InChI=1S/C16H31N7.HI/c1-13-8-14(2)11-23(10-13)7-5-6-18-16(17-3)19-9-15-20-12-21-22(15)4;/h12-14H,5-11H2,1-4H3,(H2,17,18,19);1H. The summed E-state index contributed by atoms with van der Waals surface area (Å²) in [6, 6.07) is 0. The van der Waals surface area contributed by atoms with Gasteiger partial charge in [-0.1, -0.05) is 13.8 Å². The smallest absolute Gasteiger partial charge is 0.191 e. The Morgan fingerprint density at radius 1 is 1.29 bits per heavy atom. The highest BCUT2D eigenvalue weighted by molar-refractivity contribution is 14.0. The van der Waals surface area contributed by atoms with Crippen molar-refractivity contribution in [3.05, 3.63) is 12.2 Å². The number of rotatable bonds is 6. The quantitative estimate of drug-likeness (QED) is 0.298. The minimum absolute atomic E-state index is 0. The first-order chi connectivity index (χ1) is 11.1. The molecular formula is C16H32IN7. The number of guanidine groups is 1. The van der Waals surface area contributed by atoms with Crippen LogP contribution in [0.15, 0.2) is 11.3 Å². The third-order valence-electron chi connectivity index (χ3n) is 4.33. The van der Waals surface area contributed by atoms with Gasteiger partial charge in [-0.25, -0.2) is 4.98 Å². The van der Waals surface area contributed by atoms with E-state index in [1.165, 1.54) is 19.5 Å². The van der Waals surface area contributed by atoms with E-state index >= 15 is 0 Å². The van der Waals surface area contributed by atoms with Crippen LogP contribution in [0.25, 0.3) is 0 Å². The molecule has 2 rings (SSSR count). The predicted octanol–water partition coefficient (Wildman–Crippen LogP) is 1.47. The number of likely N-dealkylation sites (tertiary alicyclic amines) is 1. The zero-order chi connectivity index (χ0) is 16.7. The molecule has 2 N–H and O–H groups in total. The second kappa shape index (κ2) is 10.9. The largest absolute Gasteiger partial charge is 0.356 e. The fourth-order valence-corrected chi connectivity index (χ4v) is 3.35. The second-order valence-electron chi connectivity index (χ2n) is 6.71. The van der Waals surface area contributed by atoms with Gasteiger partial charge in [0.15, 0.2) is 5.96 Å². The van der Waals surface area contributed by atoms with Crippen LogP contribution in [0.3, 0.4) is 0 Å². The number of aromatic nitrogens is 3. The Balaban J connectivity index is 0.00000288. The van der Waals surface area contributed by atoms with Crippen LogP contribution in [-0.4, -0.2) is 58.9 Å². The van der Waals surface area contributed by atoms with Crippen LogP contribution in [0.5, 0.6) is 0 Å². The number of hydrogen-bond acceptors (Lipinski definition) is 4. The summed E-state index contributed by atoms with van der Waals surface area (Å²) in [4.78, 5) is 11.0. The maximum Gasteiger partial charge on any atom is 0.191 e. The van der Waals surface area contributed by atoms with Crippen LogP contribution in [0.4, 0.5) is 0 Å². The van der Waals surface area contributed by atoms with Crippen LogP contribution in [0.2, 0.25) is 0 Å². The lowest BCUT2D eigenvalue weighted by atomic mass is 9.92. The summed E-state index contributed by atoms with van der Waals surface area (Å²) in [7, 11) is 3.68. The van der Waals surface area contributed by atoms with Crippen molar-refractivity contribution in [2.75, 3.05) is 33.2 Å². The Labute approximate surface area is 162 Å². The van der Waals surface area contributed by atoms with Crippen molar-refractivity contribution in [3.8, 4) is 0 Å². The zero-order valence-electron chi connectivity index (χ0n) is 15.3. The average Bonchev–Trinajstić information content (AvgIpc) is 2.91. The molecule has 2 unspecified atom stereocenters. The Morgan fingerprint density at radius 3 is 2.58 bits per heavy atom. The van der Waals surface area contributed by atoms with Gasteiger partial charge in [0, 0.05) is 33.7 Å². The number of piperidine rings is 1. The molecule has 24 heavy (non-hydrogen) atoms. The molecule has 0 amide bonds. The Morgan fingerprint density at radius 2 is 2.00 bits per heavy atom. The Kier molecular flexibility index (Phi) is 9.57. The van der Waals surface area contributed by atoms with Crippen LogP contribution in [0.1, 0.15) is 32.5 Å². The SMILES string of the molecule is CN=C(NCCCN1CC(C)CC(C)C1)NCc1ncnn1C.I. The highest BCUT2D eigenvalue weighted by Gasteiger charge is 2.20. The number of nitrogens with zero attached hydrogens (tertiary/aromatic N) is 5. The van der Waals surface area contributed by atoms with Crippen molar-refractivity contribution < 1.29 is 0 Å². The topological polar surface area (TPSA) is 70.4 Å². The Bertz CT molecular complexity index is 492. The normalized spacial score (nSPS) is 22.1. The minimum atomic E-state index is 0. The predicted molar refractivity (Wildman–Crippen MR) is 109 cm³/mol. The summed E-state index contributed by atoms with van der Waals surface area (Å²) in [5.41, 5.74) is 0. The van der Waals surface area contributed by atoms with Gasteiger partial charge in [-0.05, 0) is 31.2 Å². The summed E-state index contributed by atoms with van der Waals surface area (Å²) in [6.07, 6.45) is 4.06. The second-order valence-corrected chi connectivity index (χ2v) is 6.71. The van der Waals surface area contributed by atoms with E-state index in [1.54, 1.807) is 18.1 Å². The molecule has 1 aliphatic rings. The molecule has 1 aromatic rings. The highest BCUT2D eigenvalue weighted by Crippen LogP contribution is 2.20. The molecule has 1 saturated heterocycles. The molecule has 0 saturated carbocycles. The van der Waals surface area contributed by atoms with Crippen LogP contribution in [-0.2, 0) is 13.6 Å².